The molecule has 0 radical (unpaired) electrons. The van der Waals surface area contributed by atoms with Gasteiger partial charge in [-0.15, -0.1) is 0 Å². The van der Waals surface area contributed by atoms with E-state index in [1.165, 1.54) is 11.8 Å². The molecule has 1 atom stereocenters. The Balaban J connectivity index is 1.57. The molecule has 1 heterocycles. The first-order chi connectivity index (χ1) is 17.4. The van der Waals surface area contributed by atoms with Gasteiger partial charge in [0.25, 0.3) is 0 Å². The molecular weight excluding hydrogens is 498 g/mol. The highest BCUT2D eigenvalue weighted by Crippen LogP contribution is 2.32. The van der Waals surface area contributed by atoms with E-state index in [1.807, 2.05) is 43.3 Å². The number of methoxy groups -OCH3 is 1. The second kappa shape index (κ2) is 12.0. The van der Waals surface area contributed by atoms with Gasteiger partial charge in [-0.25, -0.2) is 4.99 Å². The van der Waals surface area contributed by atoms with E-state index in [0.29, 0.717) is 40.5 Å². The molecule has 7 nitrogen and oxygen atoms in total. The number of nitrogens with zero attached hydrogens (tertiary/aromatic N) is 2. The lowest BCUT2D eigenvalue weighted by Gasteiger charge is -2.32. The van der Waals surface area contributed by atoms with Crippen molar-refractivity contribution in [3.05, 3.63) is 83.4 Å². The van der Waals surface area contributed by atoms with Gasteiger partial charge in [-0.2, -0.15) is 0 Å². The number of aliphatic imine (C=N–C) groups is 1. The molecule has 0 aliphatic carbocycles. The molecule has 186 valence electrons. The molecule has 0 bridgehead atoms. The third-order valence-electron chi connectivity index (χ3n) is 5.42. The summed E-state index contributed by atoms with van der Waals surface area (Å²) in [5, 5.41) is 3.35. The summed E-state index contributed by atoms with van der Waals surface area (Å²) < 4.78 is 10.7. The number of amidine groups is 1. The Morgan fingerprint density at radius 2 is 1.72 bits per heavy atom. The summed E-state index contributed by atoms with van der Waals surface area (Å²) in [6.45, 7) is 2.81. The zero-order valence-corrected chi connectivity index (χ0v) is 21.5. The second-order valence-corrected chi connectivity index (χ2v) is 9.56. The van der Waals surface area contributed by atoms with Crippen LogP contribution < -0.4 is 14.8 Å². The highest BCUT2D eigenvalue weighted by molar-refractivity contribution is 8.15. The lowest BCUT2D eigenvalue weighted by atomic mass is 10.2. The van der Waals surface area contributed by atoms with Crippen molar-refractivity contribution in [3.63, 3.8) is 0 Å². The van der Waals surface area contributed by atoms with Crippen LogP contribution in [0.25, 0.3) is 0 Å². The summed E-state index contributed by atoms with van der Waals surface area (Å²) in [5.41, 5.74) is 2.20. The zero-order chi connectivity index (χ0) is 25.5. The van der Waals surface area contributed by atoms with E-state index in [1.54, 1.807) is 48.4 Å². The van der Waals surface area contributed by atoms with Crippen LogP contribution in [0, 0.1) is 0 Å². The van der Waals surface area contributed by atoms with Gasteiger partial charge in [-0.05, 0) is 73.2 Å². The Bertz CT molecular complexity index is 1230. The maximum absolute atomic E-state index is 13.2. The second-order valence-electron chi connectivity index (χ2n) is 7.96. The summed E-state index contributed by atoms with van der Waals surface area (Å²) in [5.74, 6) is 0.994. The molecule has 1 aliphatic rings. The highest BCUT2D eigenvalue weighted by atomic mass is 35.5. The molecule has 2 amide bonds. The molecule has 0 aromatic heterocycles. The highest BCUT2D eigenvalue weighted by Gasteiger charge is 2.36. The maximum Gasteiger partial charge on any atom is 0.238 e. The van der Waals surface area contributed by atoms with Crippen molar-refractivity contribution in [1.82, 2.24) is 4.90 Å². The Hall–Kier alpha value is -3.49. The summed E-state index contributed by atoms with van der Waals surface area (Å²) in [4.78, 5) is 32.7. The molecule has 1 N–H and O–H groups in total. The quantitative estimate of drug-likeness (QED) is 0.397. The van der Waals surface area contributed by atoms with E-state index in [2.05, 4.69) is 5.32 Å². The van der Waals surface area contributed by atoms with Crippen molar-refractivity contribution in [2.45, 2.75) is 25.1 Å². The summed E-state index contributed by atoms with van der Waals surface area (Å²) >= 11 is 7.29. The lowest BCUT2D eigenvalue weighted by molar-refractivity contribution is -0.129. The summed E-state index contributed by atoms with van der Waals surface area (Å²) in [6, 6.07) is 21.7. The van der Waals surface area contributed by atoms with Crippen LogP contribution >= 0.6 is 23.4 Å². The number of thioether (sulfide) groups is 1. The van der Waals surface area contributed by atoms with Gasteiger partial charge in [0.1, 0.15) is 16.7 Å². The van der Waals surface area contributed by atoms with Crippen LogP contribution in [0.1, 0.15) is 18.9 Å². The molecule has 1 aliphatic heterocycles. The Kier molecular flexibility index (Phi) is 8.51. The van der Waals surface area contributed by atoms with Gasteiger partial charge in [0, 0.05) is 17.1 Å². The molecule has 3 aromatic rings. The van der Waals surface area contributed by atoms with Gasteiger partial charge in [-0.3, -0.25) is 14.5 Å². The molecular formula is C27H26ClN3O4S. The molecule has 9 heteroatoms. The van der Waals surface area contributed by atoms with E-state index in [-0.39, 0.29) is 18.2 Å². The van der Waals surface area contributed by atoms with Gasteiger partial charge in [0.2, 0.25) is 11.8 Å². The minimum absolute atomic E-state index is 0.0581. The zero-order valence-electron chi connectivity index (χ0n) is 19.9. The predicted molar refractivity (Wildman–Crippen MR) is 144 cm³/mol. The minimum Gasteiger partial charge on any atom is -0.497 e. The van der Waals surface area contributed by atoms with Crippen molar-refractivity contribution < 1.29 is 19.1 Å². The van der Waals surface area contributed by atoms with Crippen LogP contribution in [-0.4, -0.2) is 40.8 Å². The van der Waals surface area contributed by atoms with Crippen molar-refractivity contribution in [1.29, 1.82) is 0 Å². The summed E-state index contributed by atoms with van der Waals surface area (Å²) in [7, 11) is 1.58. The average Bonchev–Trinajstić information content (AvgIpc) is 2.89. The van der Waals surface area contributed by atoms with Gasteiger partial charge in [0.05, 0.1) is 25.9 Å². The number of hydrogen-bond acceptors (Lipinski definition) is 6. The molecule has 36 heavy (non-hydrogen) atoms. The topological polar surface area (TPSA) is 80.2 Å². The number of ether oxygens (including phenoxy) is 2. The first-order valence-electron chi connectivity index (χ1n) is 11.4. The van der Waals surface area contributed by atoms with E-state index in [4.69, 9.17) is 26.1 Å². The first kappa shape index (κ1) is 25.6. The normalized spacial score (nSPS) is 16.6. The molecule has 4 rings (SSSR count). The number of amides is 2. The maximum atomic E-state index is 13.2. The Morgan fingerprint density at radius 1 is 1.06 bits per heavy atom. The molecule has 1 saturated heterocycles. The van der Waals surface area contributed by atoms with Crippen LogP contribution in [0.5, 0.6) is 11.5 Å². The Morgan fingerprint density at radius 3 is 2.36 bits per heavy atom. The fourth-order valence-corrected chi connectivity index (χ4v) is 4.78. The molecule has 0 spiro atoms. The molecule has 0 saturated carbocycles. The van der Waals surface area contributed by atoms with Crippen LogP contribution in [-0.2, 0) is 16.1 Å². The number of carbonyl (C=O) groups is 2. The van der Waals surface area contributed by atoms with E-state index in [9.17, 15) is 9.59 Å². The van der Waals surface area contributed by atoms with Crippen LogP contribution in [0.2, 0.25) is 5.02 Å². The van der Waals surface area contributed by atoms with Gasteiger partial charge >= 0.3 is 0 Å². The minimum atomic E-state index is -0.623. The number of benzene rings is 3. The standard InChI is InChI=1S/C27H26ClN3O4S/c1-3-35-23-14-10-21(11-15-23)30-27-31(17-18-4-6-19(28)7-5-18)25(32)16-24(36-27)26(33)29-20-8-12-22(34-2)13-9-20/h4-15,24H,3,16-17H2,1-2H3,(H,29,33)/t24-/m0/s1. The third kappa shape index (κ3) is 6.59. The number of hydrogen-bond donors (Lipinski definition) is 1. The number of halogens is 1. The fourth-order valence-electron chi connectivity index (χ4n) is 3.56. The van der Waals surface area contributed by atoms with Crippen molar-refractivity contribution in [2.75, 3.05) is 19.0 Å². The number of carbonyl (C=O) groups excluding carboxylic acids is 2. The number of anilines is 1. The van der Waals surface area contributed by atoms with E-state index >= 15 is 0 Å². The van der Waals surface area contributed by atoms with Crippen LogP contribution in [0.15, 0.2) is 77.8 Å². The van der Waals surface area contributed by atoms with Crippen molar-refractivity contribution in [2.24, 2.45) is 4.99 Å². The van der Waals surface area contributed by atoms with Gasteiger partial charge in [0.15, 0.2) is 5.17 Å². The predicted octanol–water partition coefficient (Wildman–Crippen LogP) is 5.91. The largest absolute Gasteiger partial charge is 0.497 e. The van der Waals surface area contributed by atoms with E-state index < -0.39 is 5.25 Å². The molecule has 1 fully saturated rings. The average molecular weight is 524 g/mol. The van der Waals surface area contributed by atoms with Crippen molar-refractivity contribution in [3.8, 4) is 11.5 Å². The lowest BCUT2D eigenvalue weighted by Crippen LogP contribution is -2.44. The fraction of sp³-hybridized carbons (Fsp3) is 0.222. The van der Waals surface area contributed by atoms with Gasteiger partial charge < -0.3 is 14.8 Å². The first-order valence-corrected chi connectivity index (χ1v) is 12.7. The number of nitrogens with one attached hydrogen (secondary N) is 1. The monoisotopic (exact) mass is 523 g/mol. The SMILES string of the molecule is CCOc1ccc(N=C2S[C@H](C(=O)Nc3ccc(OC)cc3)CC(=O)N2Cc2ccc(Cl)cc2)cc1. The third-order valence-corrected chi connectivity index (χ3v) is 6.86. The van der Waals surface area contributed by atoms with Gasteiger partial charge in [-0.1, -0.05) is 35.5 Å². The number of rotatable bonds is 8. The van der Waals surface area contributed by atoms with Crippen LogP contribution in [0.3, 0.4) is 0 Å². The van der Waals surface area contributed by atoms with Crippen molar-refractivity contribution >= 4 is 51.7 Å². The summed E-state index contributed by atoms with van der Waals surface area (Å²) in [6.07, 6.45) is 0.0581. The van der Waals surface area contributed by atoms with E-state index in [0.717, 1.165) is 11.3 Å². The smallest absolute Gasteiger partial charge is 0.238 e. The molecule has 0 unspecified atom stereocenters. The Labute approximate surface area is 219 Å². The van der Waals surface area contributed by atoms with Crippen LogP contribution in [0.4, 0.5) is 11.4 Å². The molecule has 3 aromatic carbocycles.